The molecule has 0 saturated heterocycles. The van der Waals surface area contributed by atoms with Gasteiger partial charge >= 0.3 is 0 Å². The molecule has 1 rings (SSSR count). The number of aromatic hydroxyl groups is 3. The van der Waals surface area contributed by atoms with Crippen molar-refractivity contribution in [1.29, 1.82) is 0 Å². The minimum absolute atomic E-state index is 0.236. The number of hydrogen-bond acceptors (Lipinski definition) is 5. The molecule has 0 spiro atoms. The maximum atomic E-state index is 9.00. The molecule has 0 aliphatic heterocycles. The summed E-state index contributed by atoms with van der Waals surface area (Å²) in [4.78, 5) is 0. The van der Waals surface area contributed by atoms with Gasteiger partial charge in [0.1, 0.15) is 22.9 Å². The van der Waals surface area contributed by atoms with Crippen molar-refractivity contribution in [3.8, 4) is 17.2 Å². The van der Waals surface area contributed by atoms with Crippen molar-refractivity contribution in [2.45, 2.75) is 0 Å². The van der Waals surface area contributed by atoms with Crippen molar-refractivity contribution >= 4 is 11.4 Å². The Hall–Kier alpha value is -1.78. The Morgan fingerprint density at radius 1 is 0.909 bits per heavy atom. The summed E-state index contributed by atoms with van der Waals surface area (Å²) in [6.07, 6.45) is 0. The molecule has 0 saturated carbocycles. The number of hydrogen-bond donors (Lipinski definition) is 5. The maximum Gasteiger partial charge on any atom is 0.169 e. The molecule has 5 nitrogen and oxygen atoms in total. The lowest BCUT2D eigenvalue weighted by Gasteiger charge is -2.05. The van der Waals surface area contributed by atoms with E-state index in [9.17, 15) is 0 Å². The fourth-order valence-corrected chi connectivity index (χ4v) is 0.673. The lowest BCUT2D eigenvalue weighted by Crippen LogP contribution is -1.92. The van der Waals surface area contributed by atoms with Crippen molar-refractivity contribution in [1.82, 2.24) is 0 Å². The van der Waals surface area contributed by atoms with Gasteiger partial charge in [-0.05, 0) is 0 Å². The van der Waals surface area contributed by atoms with Crippen LogP contribution in [0.3, 0.4) is 0 Å². The number of benzene rings is 1. The molecule has 0 unspecified atom stereocenters. The molecule has 0 amide bonds. The summed E-state index contributed by atoms with van der Waals surface area (Å²) in [7, 11) is 0. The van der Waals surface area contributed by atoms with Crippen molar-refractivity contribution in [2.75, 3.05) is 11.5 Å². The topological polar surface area (TPSA) is 113 Å². The van der Waals surface area contributed by atoms with Gasteiger partial charge in [-0.1, -0.05) is 0 Å². The maximum absolute atomic E-state index is 9.00. The van der Waals surface area contributed by atoms with E-state index in [1.807, 2.05) is 0 Å². The van der Waals surface area contributed by atoms with E-state index in [-0.39, 0.29) is 11.4 Å². The minimum atomic E-state index is -0.498. The van der Waals surface area contributed by atoms with Crippen LogP contribution in [-0.4, -0.2) is 15.3 Å². The number of anilines is 2. The Bertz CT molecular complexity index is 272. The van der Waals surface area contributed by atoms with Gasteiger partial charge in [0.15, 0.2) is 5.75 Å². The number of nitrogens with two attached hydrogens (primary N) is 2. The predicted molar refractivity (Wildman–Crippen MR) is 40.3 cm³/mol. The third-order valence-corrected chi connectivity index (χ3v) is 1.34. The standard InChI is InChI=1S/C6H8N2O3/c7-4-2(9)1-3(10)5(8)6(4)11/h1,9-11H,7-8H2. The van der Waals surface area contributed by atoms with Gasteiger partial charge in [-0.15, -0.1) is 0 Å². The van der Waals surface area contributed by atoms with Crippen LogP contribution in [0.2, 0.25) is 0 Å². The Kier molecular flexibility index (Phi) is 1.41. The molecule has 1 aromatic rings. The molecule has 0 aliphatic rings. The number of phenolic OH excluding ortho intramolecular Hbond substituents is 3. The molecule has 0 bridgehead atoms. The zero-order chi connectivity index (χ0) is 8.59. The van der Waals surface area contributed by atoms with Crippen molar-refractivity contribution in [3.05, 3.63) is 6.07 Å². The Balaban J connectivity index is 3.46. The SMILES string of the molecule is Nc1c(O)cc(O)c(N)c1O. The van der Waals surface area contributed by atoms with Gasteiger partial charge in [0.2, 0.25) is 0 Å². The highest BCUT2D eigenvalue weighted by atomic mass is 16.3. The third-order valence-electron chi connectivity index (χ3n) is 1.34. The van der Waals surface area contributed by atoms with Gasteiger partial charge in [0.05, 0.1) is 0 Å². The lowest BCUT2D eigenvalue weighted by molar-refractivity contribution is 0.435. The highest BCUT2D eigenvalue weighted by Gasteiger charge is 2.11. The molecular formula is C6H8N2O3. The summed E-state index contributed by atoms with van der Waals surface area (Å²) in [5, 5.41) is 26.8. The average Bonchev–Trinajstić information content (AvgIpc) is 1.97. The van der Waals surface area contributed by atoms with Crippen molar-refractivity contribution in [2.24, 2.45) is 0 Å². The van der Waals surface area contributed by atoms with Crippen LogP contribution in [0.1, 0.15) is 0 Å². The van der Waals surface area contributed by atoms with Crippen LogP contribution in [0.4, 0.5) is 11.4 Å². The van der Waals surface area contributed by atoms with Crippen molar-refractivity contribution in [3.63, 3.8) is 0 Å². The van der Waals surface area contributed by atoms with Crippen LogP contribution in [0, 0.1) is 0 Å². The molecule has 0 heterocycles. The van der Waals surface area contributed by atoms with E-state index in [2.05, 4.69) is 0 Å². The highest BCUT2D eigenvalue weighted by Crippen LogP contribution is 2.41. The molecule has 1 aromatic carbocycles. The van der Waals surface area contributed by atoms with Gasteiger partial charge in [-0.2, -0.15) is 0 Å². The summed E-state index contributed by atoms with van der Waals surface area (Å²) >= 11 is 0. The molecule has 0 atom stereocenters. The first kappa shape index (κ1) is 7.33. The Morgan fingerprint density at radius 3 is 1.64 bits per heavy atom. The van der Waals surface area contributed by atoms with Crippen LogP contribution in [0.25, 0.3) is 0 Å². The first-order valence-corrected chi connectivity index (χ1v) is 2.83. The summed E-state index contributed by atoms with van der Waals surface area (Å²) in [6, 6.07) is 0.963. The van der Waals surface area contributed by atoms with Gasteiger partial charge in [-0.25, -0.2) is 0 Å². The summed E-state index contributed by atoms with van der Waals surface area (Å²) in [5.41, 5.74) is 9.85. The predicted octanol–water partition coefficient (Wildman–Crippen LogP) is -0.0322. The van der Waals surface area contributed by atoms with Crippen LogP contribution in [-0.2, 0) is 0 Å². The molecule has 7 N–H and O–H groups in total. The van der Waals surface area contributed by atoms with E-state index in [4.69, 9.17) is 26.8 Å². The molecule has 11 heavy (non-hydrogen) atoms. The lowest BCUT2D eigenvalue weighted by atomic mass is 10.2. The van der Waals surface area contributed by atoms with E-state index >= 15 is 0 Å². The zero-order valence-corrected chi connectivity index (χ0v) is 5.57. The number of phenols is 3. The largest absolute Gasteiger partial charge is 0.505 e. The van der Waals surface area contributed by atoms with Crippen LogP contribution in [0.5, 0.6) is 17.2 Å². The van der Waals surface area contributed by atoms with E-state index in [0.29, 0.717) is 0 Å². The summed E-state index contributed by atoms with van der Waals surface area (Å²) < 4.78 is 0. The molecule has 0 radical (unpaired) electrons. The average molecular weight is 156 g/mol. The Morgan fingerprint density at radius 2 is 1.27 bits per heavy atom. The van der Waals surface area contributed by atoms with Gasteiger partial charge in [-0.3, -0.25) is 0 Å². The molecule has 0 aromatic heterocycles. The first-order valence-electron chi connectivity index (χ1n) is 2.83. The smallest absolute Gasteiger partial charge is 0.169 e. The number of rotatable bonds is 0. The second-order valence-electron chi connectivity index (χ2n) is 2.09. The van der Waals surface area contributed by atoms with Gasteiger partial charge in [0.25, 0.3) is 0 Å². The van der Waals surface area contributed by atoms with E-state index in [0.717, 1.165) is 6.07 Å². The molecule has 60 valence electrons. The normalized spacial score (nSPS) is 9.82. The highest BCUT2D eigenvalue weighted by molar-refractivity contribution is 5.77. The summed E-state index contributed by atoms with van der Waals surface area (Å²) in [6.45, 7) is 0. The molecule has 0 fully saturated rings. The second-order valence-corrected chi connectivity index (χ2v) is 2.09. The Labute approximate surface area is 62.5 Å². The van der Waals surface area contributed by atoms with Crippen molar-refractivity contribution < 1.29 is 15.3 Å². The van der Waals surface area contributed by atoms with Gasteiger partial charge < -0.3 is 26.8 Å². The van der Waals surface area contributed by atoms with E-state index in [1.165, 1.54) is 0 Å². The summed E-state index contributed by atoms with van der Waals surface area (Å²) in [5.74, 6) is -1.29. The fourth-order valence-electron chi connectivity index (χ4n) is 0.673. The van der Waals surface area contributed by atoms with E-state index in [1.54, 1.807) is 0 Å². The molecular weight excluding hydrogens is 148 g/mol. The van der Waals surface area contributed by atoms with E-state index < -0.39 is 17.2 Å². The van der Waals surface area contributed by atoms with Gasteiger partial charge in [0, 0.05) is 6.07 Å². The van der Waals surface area contributed by atoms with Crippen LogP contribution < -0.4 is 11.5 Å². The minimum Gasteiger partial charge on any atom is -0.505 e. The zero-order valence-electron chi connectivity index (χ0n) is 5.57. The monoisotopic (exact) mass is 156 g/mol. The number of nitrogen functional groups attached to an aromatic ring is 2. The quantitative estimate of drug-likeness (QED) is 0.205. The molecule has 0 aliphatic carbocycles. The van der Waals surface area contributed by atoms with Crippen LogP contribution >= 0.6 is 0 Å². The molecule has 5 heteroatoms. The second kappa shape index (κ2) is 2.12. The van der Waals surface area contributed by atoms with Crippen LogP contribution in [0.15, 0.2) is 6.07 Å². The third kappa shape index (κ3) is 0.958. The first-order chi connectivity index (χ1) is 5.04. The fraction of sp³-hybridized carbons (Fsp3) is 0.